The summed E-state index contributed by atoms with van der Waals surface area (Å²) in [6.07, 6.45) is 0. The number of hydrogen-bond acceptors (Lipinski definition) is 2. The molecule has 2 nitrogen and oxygen atoms in total. The molecule has 1 unspecified atom stereocenters. The van der Waals surface area contributed by atoms with E-state index in [4.69, 9.17) is 5.73 Å². The second kappa shape index (κ2) is 7.70. The molecule has 0 spiro atoms. The molecule has 0 heterocycles. The highest BCUT2D eigenvalue weighted by atomic mass is 35.5. The van der Waals surface area contributed by atoms with Crippen LogP contribution in [0.15, 0.2) is 24.3 Å². The zero-order valence-corrected chi connectivity index (χ0v) is 12.1. The van der Waals surface area contributed by atoms with Gasteiger partial charge < -0.3 is 5.73 Å². The molecule has 1 aromatic rings. The predicted molar refractivity (Wildman–Crippen MR) is 77.8 cm³/mol. The summed E-state index contributed by atoms with van der Waals surface area (Å²) in [6, 6.07) is 9.32. The third-order valence-electron chi connectivity index (χ3n) is 3.17. The van der Waals surface area contributed by atoms with Gasteiger partial charge >= 0.3 is 0 Å². The van der Waals surface area contributed by atoms with Crippen molar-refractivity contribution in [1.29, 1.82) is 0 Å². The SMILES string of the molecule is CC(C)c1ccc(CN(C)C(C)CN)cc1.Cl. The Morgan fingerprint density at radius 1 is 1.12 bits per heavy atom. The van der Waals surface area contributed by atoms with Crippen LogP contribution < -0.4 is 5.73 Å². The Hall–Kier alpha value is -0.570. The lowest BCUT2D eigenvalue weighted by molar-refractivity contribution is 0.255. The van der Waals surface area contributed by atoms with E-state index in [1.165, 1.54) is 11.1 Å². The van der Waals surface area contributed by atoms with E-state index in [1.54, 1.807) is 0 Å². The molecule has 0 radical (unpaired) electrons. The Morgan fingerprint density at radius 3 is 2.06 bits per heavy atom. The van der Waals surface area contributed by atoms with Crippen molar-refractivity contribution < 1.29 is 0 Å². The first kappa shape index (κ1) is 16.4. The molecule has 1 atom stereocenters. The van der Waals surface area contributed by atoms with Crippen molar-refractivity contribution in [2.45, 2.75) is 39.3 Å². The van der Waals surface area contributed by atoms with Gasteiger partial charge in [0.1, 0.15) is 0 Å². The van der Waals surface area contributed by atoms with Crippen LogP contribution >= 0.6 is 12.4 Å². The van der Waals surface area contributed by atoms with Crippen molar-refractivity contribution in [3.63, 3.8) is 0 Å². The molecule has 1 rings (SSSR count). The smallest absolute Gasteiger partial charge is 0.0234 e. The molecule has 98 valence electrons. The van der Waals surface area contributed by atoms with Crippen LogP contribution in [0.4, 0.5) is 0 Å². The van der Waals surface area contributed by atoms with Gasteiger partial charge in [-0.3, -0.25) is 4.90 Å². The standard InChI is InChI=1S/C14H24N2.ClH/c1-11(2)14-7-5-13(6-8-14)10-16(4)12(3)9-15;/h5-8,11-12H,9-10,15H2,1-4H3;1H. The molecular formula is C14H25ClN2. The van der Waals surface area contributed by atoms with E-state index in [0.29, 0.717) is 18.5 Å². The van der Waals surface area contributed by atoms with E-state index in [9.17, 15) is 0 Å². The van der Waals surface area contributed by atoms with Crippen molar-refractivity contribution in [2.75, 3.05) is 13.6 Å². The van der Waals surface area contributed by atoms with Gasteiger partial charge in [0.15, 0.2) is 0 Å². The summed E-state index contributed by atoms with van der Waals surface area (Å²) < 4.78 is 0. The van der Waals surface area contributed by atoms with Crippen LogP contribution in [0, 0.1) is 0 Å². The van der Waals surface area contributed by atoms with Gasteiger partial charge in [0.05, 0.1) is 0 Å². The summed E-state index contributed by atoms with van der Waals surface area (Å²) in [5.41, 5.74) is 8.40. The van der Waals surface area contributed by atoms with E-state index >= 15 is 0 Å². The van der Waals surface area contributed by atoms with E-state index in [1.807, 2.05) is 0 Å². The maximum absolute atomic E-state index is 5.65. The minimum absolute atomic E-state index is 0. The summed E-state index contributed by atoms with van der Waals surface area (Å²) in [5.74, 6) is 0.606. The van der Waals surface area contributed by atoms with Crippen LogP contribution in [0.5, 0.6) is 0 Å². The van der Waals surface area contributed by atoms with Crippen molar-refractivity contribution in [3.05, 3.63) is 35.4 Å². The topological polar surface area (TPSA) is 29.3 Å². The molecule has 0 amide bonds. The lowest BCUT2D eigenvalue weighted by Gasteiger charge is -2.23. The lowest BCUT2D eigenvalue weighted by atomic mass is 10.0. The molecule has 0 aliphatic rings. The first-order valence-corrected chi connectivity index (χ1v) is 6.03. The summed E-state index contributed by atoms with van der Waals surface area (Å²) >= 11 is 0. The molecule has 0 saturated heterocycles. The maximum atomic E-state index is 5.65. The number of hydrogen-bond donors (Lipinski definition) is 1. The highest BCUT2D eigenvalue weighted by molar-refractivity contribution is 5.85. The van der Waals surface area contributed by atoms with Gasteiger partial charge in [0.25, 0.3) is 0 Å². The zero-order chi connectivity index (χ0) is 12.1. The normalized spacial score (nSPS) is 12.6. The number of rotatable bonds is 5. The highest BCUT2D eigenvalue weighted by Gasteiger charge is 2.07. The van der Waals surface area contributed by atoms with E-state index in [2.05, 4.69) is 57.0 Å². The first-order chi connectivity index (χ1) is 7.54. The largest absolute Gasteiger partial charge is 0.329 e. The molecule has 0 aromatic heterocycles. The monoisotopic (exact) mass is 256 g/mol. The molecule has 0 aliphatic carbocycles. The fourth-order valence-electron chi connectivity index (χ4n) is 1.63. The van der Waals surface area contributed by atoms with Crippen molar-refractivity contribution in [3.8, 4) is 0 Å². The van der Waals surface area contributed by atoms with Gasteiger partial charge in [0, 0.05) is 19.1 Å². The number of benzene rings is 1. The number of nitrogens with zero attached hydrogens (tertiary/aromatic N) is 1. The predicted octanol–water partition coefficient (Wildman–Crippen LogP) is 3.01. The quantitative estimate of drug-likeness (QED) is 0.878. The zero-order valence-electron chi connectivity index (χ0n) is 11.3. The summed E-state index contributed by atoms with van der Waals surface area (Å²) in [4.78, 5) is 2.28. The fraction of sp³-hybridized carbons (Fsp3) is 0.571. The third kappa shape index (κ3) is 5.07. The Kier molecular flexibility index (Phi) is 7.44. The fourth-order valence-corrected chi connectivity index (χ4v) is 1.63. The lowest BCUT2D eigenvalue weighted by Crippen LogP contribution is -2.34. The van der Waals surface area contributed by atoms with Crippen LogP contribution in [0.2, 0.25) is 0 Å². The van der Waals surface area contributed by atoms with Gasteiger partial charge in [-0.25, -0.2) is 0 Å². The average molecular weight is 257 g/mol. The van der Waals surface area contributed by atoms with Gasteiger partial charge in [-0.2, -0.15) is 0 Å². The molecule has 1 aromatic carbocycles. The van der Waals surface area contributed by atoms with Gasteiger partial charge in [-0.05, 0) is 31.0 Å². The van der Waals surface area contributed by atoms with Crippen molar-refractivity contribution >= 4 is 12.4 Å². The Morgan fingerprint density at radius 2 is 1.65 bits per heavy atom. The minimum Gasteiger partial charge on any atom is -0.329 e. The molecule has 0 aliphatic heterocycles. The van der Waals surface area contributed by atoms with E-state index in [-0.39, 0.29) is 12.4 Å². The van der Waals surface area contributed by atoms with Crippen LogP contribution in [-0.2, 0) is 6.54 Å². The minimum atomic E-state index is 0. The van der Waals surface area contributed by atoms with Crippen LogP contribution in [0.1, 0.15) is 37.8 Å². The molecule has 0 saturated carbocycles. The molecule has 2 N–H and O–H groups in total. The van der Waals surface area contributed by atoms with Crippen molar-refractivity contribution in [2.24, 2.45) is 5.73 Å². The summed E-state index contributed by atoms with van der Waals surface area (Å²) in [5, 5.41) is 0. The summed E-state index contributed by atoms with van der Waals surface area (Å²) in [7, 11) is 2.12. The van der Waals surface area contributed by atoms with Gasteiger partial charge in [-0.1, -0.05) is 38.1 Å². The number of nitrogens with two attached hydrogens (primary N) is 1. The summed E-state index contributed by atoms with van der Waals surface area (Å²) in [6.45, 7) is 8.27. The number of halogens is 1. The van der Waals surface area contributed by atoms with E-state index in [0.717, 1.165) is 6.54 Å². The highest BCUT2D eigenvalue weighted by Crippen LogP contribution is 2.15. The molecule has 0 fully saturated rings. The number of likely N-dealkylation sites (N-methyl/N-ethyl adjacent to an activating group) is 1. The Balaban J connectivity index is 0.00000256. The van der Waals surface area contributed by atoms with E-state index < -0.39 is 0 Å². The average Bonchev–Trinajstić information content (AvgIpc) is 2.28. The molecular weight excluding hydrogens is 232 g/mol. The van der Waals surface area contributed by atoms with Crippen LogP contribution in [0.25, 0.3) is 0 Å². The molecule has 3 heteroatoms. The Labute approximate surface area is 112 Å². The maximum Gasteiger partial charge on any atom is 0.0234 e. The second-order valence-corrected chi connectivity index (χ2v) is 4.90. The van der Waals surface area contributed by atoms with Crippen LogP contribution in [-0.4, -0.2) is 24.5 Å². The third-order valence-corrected chi connectivity index (χ3v) is 3.17. The first-order valence-electron chi connectivity index (χ1n) is 6.03. The molecule has 0 bridgehead atoms. The Bertz CT molecular complexity index is 309. The van der Waals surface area contributed by atoms with Crippen LogP contribution in [0.3, 0.4) is 0 Å². The molecule has 17 heavy (non-hydrogen) atoms. The van der Waals surface area contributed by atoms with Gasteiger partial charge in [-0.15, -0.1) is 12.4 Å². The van der Waals surface area contributed by atoms with Gasteiger partial charge in [0.2, 0.25) is 0 Å². The second-order valence-electron chi connectivity index (χ2n) is 4.90. The van der Waals surface area contributed by atoms with Crippen molar-refractivity contribution in [1.82, 2.24) is 4.90 Å².